The van der Waals surface area contributed by atoms with Crippen LogP contribution in [0.2, 0.25) is 0 Å². The van der Waals surface area contributed by atoms with Crippen LogP contribution in [0.15, 0.2) is 77.7 Å². The minimum absolute atomic E-state index is 0.0835. The van der Waals surface area contributed by atoms with E-state index in [-0.39, 0.29) is 34.5 Å². The Kier molecular flexibility index (Phi) is 7.44. The van der Waals surface area contributed by atoms with Crippen molar-refractivity contribution in [3.8, 4) is 0 Å². The highest BCUT2D eigenvalue weighted by molar-refractivity contribution is 7.92. The minimum Gasteiger partial charge on any atom is -0.348 e. The Balaban J connectivity index is 1.63. The van der Waals surface area contributed by atoms with Crippen molar-refractivity contribution < 1.29 is 22.4 Å². The summed E-state index contributed by atoms with van der Waals surface area (Å²) in [7, 11) is -3.96. The first kappa shape index (κ1) is 23.9. The van der Waals surface area contributed by atoms with Crippen LogP contribution in [0, 0.1) is 11.7 Å². The Morgan fingerprint density at radius 3 is 2.18 bits per heavy atom. The van der Waals surface area contributed by atoms with Crippen LogP contribution in [0.3, 0.4) is 0 Å². The SMILES string of the molecule is CC(C)C(=O)Nc1ccc(CNC(=O)c2cccc(S(=O)(=O)Nc3ccc(F)cc3)c2)cc1. The zero-order valence-electron chi connectivity index (χ0n) is 18.1. The fraction of sp³-hybridized carbons (Fsp3) is 0.167. The number of rotatable bonds is 8. The molecule has 0 aromatic heterocycles. The molecule has 3 rings (SSSR count). The normalized spacial score (nSPS) is 11.2. The van der Waals surface area contributed by atoms with Gasteiger partial charge in [0.15, 0.2) is 0 Å². The number of hydrogen-bond acceptors (Lipinski definition) is 4. The standard InChI is InChI=1S/C24H24FN3O4S/c1-16(2)23(29)27-20-10-6-17(7-11-20)15-26-24(30)18-4-3-5-22(14-18)33(31,32)28-21-12-8-19(25)9-13-21/h3-14,16,28H,15H2,1-2H3,(H,26,30)(H,27,29). The quantitative estimate of drug-likeness (QED) is 0.461. The van der Waals surface area contributed by atoms with Crippen molar-refractivity contribution in [2.75, 3.05) is 10.0 Å². The van der Waals surface area contributed by atoms with E-state index in [0.717, 1.165) is 17.7 Å². The average Bonchev–Trinajstić information content (AvgIpc) is 2.80. The summed E-state index contributed by atoms with van der Waals surface area (Å²) >= 11 is 0. The van der Waals surface area contributed by atoms with Gasteiger partial charge in [-0.1, -0.05) is 32.0 Å². The second kappa shape index (κ2) is 10.3. The molecular formula is C24H24FN3O4S. The van der Waals surface area contributed by atoms with E-state index in [1.165, 1.54) is 36.4 Å². The molecule has 0 aliphatic rings. The molecule has 3 aromatic rings. The van der Waals surface area contributed by atoms with Gasteiger partial charge in [0.1, 0.15) is 5.82 Å². The summed E-state index contributed by atoms with van der Waals surface area (Å²) in [4.78, 5) is 24.2. The van der Waals surface area contributed by atoms with Gasteiger partial charge < -0.3 is 10.6 Å². The van der Waals surface area contributed by atoms with Crippen molar-refractivity contribution >= 4 is 33.2 Å². The van der Waals surface area contributed by atoms with Crippen LogP contribution in [0.25, 0.3) is 0 Å². The molecule has 9 heteroatoms. The Morgan fingerprint density at radius 2 is 1.55 bits per heavy atom. The second-order valence-corrected chi connectivity index (χ2v) is 9.35. The third-order valence-corrected chi connectivity index (χ3v) is 6.08. The molecule has 0 fully saturated rings. The van der Waals surface area contributed by atoms with Gasteiger partial charge in [0, 0.05) is 29.4 Å². The molecule has 0 radical (unpaired) electrons. The highest BCUT2D eigenvalue weighted by Crippen LogP contribution is 2.18. The highest BCUT2D eigenvalue weighted by atomic mass is 32.2. The maximum atomic E-state index is 13.0. The number of sulfonamides is 1. The van der Waals surface area contributed by atoms with Gasteiger partial charge in [0.25, 0.3) is 15.9 Å². The van der Waals surface area contributed by atoms with Crippen LogP contribution in [-0.4, -0.2) is 20.2 Å². The van der Waals surface area contributed by atoms with Crippen molar-refractivity contribution in [3.05, 3.63) is 89.7 Å². The van der Waals surface area contributed by atoms with Crippen LogP contribution in [0.5, 0.6) is 0 Å². The van der Waals surface area contributed by atoms with Gasteiger partial charge in [-0.2, -0.15) is 0 Å². The maximum absolute atomic E-state index is 13.0. The fourth-order valence-corrected chi connectivity index (χ4v) is 3.92. The summed E-state index contributed by atoms with van der Waals surface area (Å²) in [5, 5.41) is 5.54. The lowest BCUT2D eigenvalue weighted by molar-refractivity contribution is -0.118. The zero-order chi connectivity index (χ0) is 24.0. The Hall–Kier alpha value is -3.72. The number of halogens is 1. The lowest BCUT2D eigenvalue weighted by Gasteiger charge is -2.11. The fourth-order valence-electron chi connectivity index (χ4n) is 2.81. The first-order valence-electron chi connectivity index (χ1n) is 10.2. The van der Waals surface area contributed by atoms with E-state index in [4.69, 9.17) is 0 Å². The van der Waals surface area contributed by atoms with Crippen molar-refractivity contribution in [1.29, 1.82) is 0 Å². The number of anilines is 2. The third kappa shape index (κ3) is 6.63. The Morgan fingerprint density at radius 1 is 0.909 bits per heavy atom. The van der Waals surface area contributed by atoms with Gasteiger partial charge in [-0.25, -0.2) is 12.8 Å². The van der Waals surface area contributed by atoms with Gasteiger partial charge in [-0.15, -0.1) is 0 Å². The van der Waals surface area contributed by atoms with Gasteiger partial charge in [-0.05, 0) is 60.2 Å². The van der Waals surface area contributed by atoms with E-state index in [9.17, 15) is 22.4 Å². The molecule has 3 N–H and O–H groups in total. The summed E-state index contributed by atoms with van der Waals surface area (Å²) in [5.74, 6) is -1.13. The van der Waals surface area contributed by atoms with E-state index in [1.807, 2.05) is 0 Å². The number of amides is 2. The molecule has 0 spiro atoms. The molecule has 0 aliphatic carbocycles. The third-order valence-electron chi connectivity index (χ3n) is 4.70. The molecule has 33 heavy (non-hydrogen) atoms. The van der Waals surface area contributed by atoms with Crippen LogP contribution in [0.4, 0.5) is 15.8 Å². The van der Waals surface area contributed by atoms with Crippen molar-refractivity contribution in [3.63, 3.8) is 0 Å². The second-order valence-electron chi connectivity index (χ2n) is 7.66. The molecule has 0 unspecified atom stereocenters. The molecule has 0 aliphatic heterocycles. The first-order valence-corrected chi connectivity index (χ1v) is 11.7. The van der Waals surface area contributed by atoms with Crippen LogP contribution in [0.1, 0.15) is 29.8 Å². The molecule has 0 bridgehead atoms. The van der Waals surface area contributed by atoms with Gasteiger partial charge in [0.2, 0.25) is 5.91 Å². The molecule has 0 heterocycles. The van der Waals surface area contributed by atoms with Crippen LogP contribution < -0.4 is 15.4 Å². The highest BCUT2D eigenvalue weighted by Gasteiger charge is 2.17. The number of nitrogens with one attached hydrogen (secondary N) is 3. The Labute approximate surface area is 192 Å². The molecule has 2 amide bonds. The van der Waals surface area contributed by atoms with Crippen molar-refractivity contribution in [2.45, 2.75) is 25.3 Å². The molecule has 3 aromatic carbocycles. The number of carbonyl (C=O) groups is 2. The predicted octanol–water partition coefficient (Wildman–Crippen LogP) is 4.15. The van der Waals surface area contributed by atoms with Gasteiger partial charge in [0.05, 0.1) is 4.90 Å². The number of hydrogen-bond donors (Lipinski definition) is 3. The van der Waals surface area contributed by atoms with E-state index in [1.54, 1.807) is 38.1 Å². The first-order chi connectivity index (χ1) is 15.6. The smallest absolute Gasteiger partial charge is 0.261 e. The van der Waals surface area contributed by atoms with Crippen LogP contribution >= 0.6 is 0 Å². The summed E-state index contributed by atoms with van der Waals surface area (Å²) in [5.41, 5.74) is 1.86. The Bertz CT molecular complexity index is 1240. The summed E-state index contributed by atoms with van der Waals surface area (Å²) in [6.07, 6.45) is 0. The predicted molar refractivity (Wildman–Crippen MR) is 125 cm³/mol. The van der Waals surface area contributed by atoms with Gasteiger partial charge in [-0.3, -0.25) is 14.3 Å². The minimum atomic E-state index is -3.96. The summed E-state index contributed by atoms with van der Waals surface area (Å²) < 4.78 is 40.6. The lowest BCUT2D eigenvalue weighted by Crippen LogP contribution is -2.23. The average molecular weight is 470 g/mol. The lowest BCUT2D eigenvalue weighted by atomic mass is 10.1. The van der Waals surface area contributed by atoms with Crippen molar-refractivity contribution in [2.24, 2.45) is 5.92 Å². The van der Waals surface area contributed by atoms with Gasteiger partial charge >= 0.3 is 0 Å². The number of carbonyl (C=O) groups excluding carboxylic acids is 2. The van der Waals surface area contributed by atoms with Crippen molar-refractivity contribution in [1.82, 2.24) is 5.32 Å². The molecule has 0 saturated carbocycles. The van der Waals surface area contributed by atoms with E-state index < -0.39 is 21.7 Å². The summed E-state index contributed by atoms with van der Waals surface area (Å²) in [6, 6.07) is 17.6. The number of benzene rings is 3. The van der Waals surface area contributed by atoms with E-state index in [0.29, 0.717) is 5.69 Å². The molecule has 0 saturated heterocycles. The zero-order valence-corrected chi connectivity index (χ0v) is 18.9. The topological polar surface area (TPSA) is 104 Å². The maximum Gasteiger partial charge on any atom is 0.261 e. The van der Waals surface area contributed by atoms with E-state index >= 15 is 0 Å². The molecule has 172 valence electrons. The largest absolute Gasteiger partial charge is 0.348 e. The summed E-state index contributed by atoms with van der Waals surface area (Å²) in [6.45, 7) is 3.83. The van der Waals surface area contributed by atoms with E-state index in [2.05, 4.69) is 15.4 Å². The van der Waals surface area contributed by atoms with Crippen LogP contribution in [-0.2, 0) is 21.4 Å². The molecule has 7 nitrogen and oxygen atoms in total. The monoisotopic (exact) mass is 469 g/mol. The molecular weight excluding hydrogens is 445 g/mol. The molecule has 0 atom stereocenters.